The molecule has 21 atom stereocenters. The van der Waals surface area contributed by atoms with Gasteiger partial charge in [-0.15, -0.1) is 0 Å². The van der Waals surface area contributed by atoms with Gasteiger partial charge in [-0.3, -0.25) is 33.6 Å². The minimum absolute atomic E-state index is 0.0189. The average molecular weight is 1290 g/mol. The highest BCUT2D eigenvalue weighted by Crippen LogP contribution is 2.72. The molecule has 91 heavy (non-hydrogen) atoms. The summed E-state index contributed by atoms with van der Waals surface area (Å²) in [6.45, 7) is 26.9. The predicted molar refractivity (Wildman–Crippen MR) is 313 cm³/mol. The lowest BCUT2D eigenvalue weighted by atomic mass is 9.63. The standard InChI is InChI=1S/C22H30O6.C18H28O5.C15H19NO4.C13H19F3O4/c1-4-22(2,3)21(25)27-9-16(23)28-15-6-10-5-12(15)18-11-7-13(17(10)18)19-14(11)8-26-20(19)24;1-5-11(22-17(20)18(3,4)6-2)9-21-14-10-7-12-13(8-10)16(19)23-15(12)14;1-4-14(2,3)12(17)19-10-8-5-9-11(10)20-13(18)15(9,6-8)7-16;1-6-10(2,3)8(17)20-12(13(14,15)16)7-11(4,5)19-9(12)18/h10-15,17-19H,4-9H2,1-3H3;10-15H,5-9H2,1-4H3;8-11H,4-6H2,1-3H3;6-7H2,1-5H3. The summed E-state index contributed by atoms with van der Waals surface area (Å²) in [5.74, 6) is 0.244. The molecule has 0 aromatic rings. The number of nitriles is 1. The highest BCUT2D eigenvalue weighted by atomic mass is 19.4. The molecule has 508 valence electrons. The lowest BCUT2D eigenvalue weighted by Crippen LogP contribution is -2.54. The number of alkyl halides is 3. The molecule has 0 aromatic heterocycles. The van der Waals surface area contributed by atoms with Gasteiger partial charge in [-0.25, -0.2) is 9.59 Å². The maximum Gasteiger partial charge on any atom is 0.439 e. The Morgan fingerprint density at radius 3 is 1.85 bits per heavy atom. The van der Waals surface area contributed by atoms with Crippen LogP contribution in [0.5, 0.6) is 0 Å². The van der Waals surface area contributed by atoms with Gasteiger partial charge < -0.3 is 47.4 Å². The van der Waals surface area contributed by atoms with Gasteiger partial charge in [0.25, 0.3) is 0 Å². The number of esters is 9. The van der Waals surface area contributed by atoms with Crippen LogP contribution in [0.15, 0.2) is 0 Å². The van der Waals surface area contributed by atoms with E-state index in [1.165, 1.54) is 27.7 Å². The lowest BCUT2D eigenvalue weighted by molar-refractivity contribution is -0.264. The van der Waals surface area contributed by atoms with Crippen molar-refractivity contribution in [1.29, 1.82) is 5.26 Å². The monoisotopic (exact) mass is 1290 g/mol. The van der Waals surface area contributed by atoms with Gasteiger partial charge >= 0.3 is 65.5 Å². The first-order chi connectivity index (χ1) is 42.3. The van der Waals surface area contributed by atoms with E-state index in [4.69, 9.17) is 42.6 Å². The Bertz CT molecular complexity index is 2910. The summed E-state index contributed by atoms with van der Waals surface area (Å²) in [7, 11) is 0. The summed E-state index contributed by atoms with van der Waals surface area (Å²) in [6.07, 6.45) is 2.45. The third-order valence-corrected chi connectivity index (χ3v) is 23.8. The molecule has 0 spiro atoms. The summed E-state index contributed by atoms with van der Waals surface area (Å²) < 4.78 is 93.7. The van der Waals surface area contributed by atoms with E-state index < -0.39 is 80.9 Å². The molecule has 0 aromatic carbocycles. The fraction of sp³-hybridized carbons (Fsp3) is 0.853. The highest BCUT2D eigenvalue weighted by molar-refractivity contribution is 5.88. The zero-order chi connectivity index (χ0) is 67.3. The fourth-order valence-electron chi connectivity index (χ4n) is 16.9. The van der Waals surface area contributed by atoms with Gasteiger partial charge in [0.2, 0.25) is 0 Å². The smallest absolute Gasteiger partial charge is 0.439 e. The Hall–Kier alpha value is -5.53. The van der Waals surface area contributed by atoms with Crippen LogP contribution in [-0.2, 0) is 90.5 Å². The van der Waals surface area contributed by atoms with Crippen molar-refractivity contribution >= 4 is 53.7 Å². The van der Waals surface area contributed by atoms with Gasteiger partial charge in [0.1, 0.15) is 36.1 Å². The molecular formula is C68H96F3NO19. The number of carbonyl (C=O) groups excluding carboxylic acids is 9. The van der Waals surface area contributed by atoms with Crippen molar-refractivity contribution in [3.05, 3.63) is 0 Å². The maximum absolute atomic E-state index is 13.3. The Kier molecular flexibility index (Phi) is 19.2. The first kappa shape index (κ1) is 69.8. The molecule has 20 nitrogen and oxygen atoms in total. The Labute approximate surface area is 532 Å². The molecule has 8 bridgehead atoms. The van der Waals surface area contributed by atoms with Crippen LogP contribution in [0, 0.1) is 115 Å². The first-order valence-corrected chi connectivity index (χ1v) is 33.2. The molecule has 8 saturated carbocycles. The summed E-state index contributed by atoms with van der Waals surface area (Å²) in [5.41, 5.74) is -8.20. The second-order valence-electron chi connectivity index (χ2n) is 31.3. The SMILES string of the molecule is CCC(C)(C)C(=O)OC1(C(F)(F)F)CC(C)(C)OC1=O.CCC(C)(C)C(=O)OC1C2CC3C1OC(=O)C3(C#N)C2.CCC(C)(C)C(=O)OCC(=O)OC1CC2CC1C1C3CC(C4C(=O)OCC34)C21.CCC(COC1C2CC3C(=O)OC1C3C2)OC(=O)C(C)(C)CC. The number of halogens is 3. The molecule has 12 fully saturated rings. The largest absolute Gasteiger partial charge is 0.465 e. The van der Waals surface area contributed by atoms with Crippen LogP contribution in [0.4, 0.5) is 13.2 Å². The van der Waals surface area contributed by atoms with Crippen molar-refractivity contribution in [2.45, 2.75) is 241 Å². The molecular weight excluding hydrogens is 1190 g/mol. The van der Waals surface area contributed by atoms with E-state index in [1.54, 1.807) is 6.92 Å². The van der Waals surface area contributed by atoms with Crippen molar-refractivity contribution in [3.8, 4) is 6.07 Å². The van der Waals surface area contributed by atoms with E-state index >= 15 is 0 Å². The van der Waals surface area contributed by atoms with Crippen molar-refractivity contribution < 1.29 is 104 Å². The third-order valence-electron chi connectivity index (χ3n) is 23.8. The number of hydrogen-bond acceptors (Lipinski definition) is 20. The van der Waals surface area contributed by atoms with Crippen molar-refractivity contribution in [1.82, 2.24) is 0 Å². The quantitative estimate of drug-likeness (QED) is 0.0701. The second-order valence-corrected chi connectivity index (χ2v) is 31.3. The number of carbonyl (C=O) groups is 9. The van der Waals surface area contributed by atoms with Crippen molar-refractivity contribution in [2.75, 3.05) is 19.8 Å². The number of hydrogen-bond donors (Lipinski definition) is 0. The molecule has 8 aliphatic carbocycles. The van der Waals surface area contributed by atoms with E-state index in [-0.39, 0.29) is 97.1 Å². The summed E-state index contributed by atoms with van der Waals surface area (Å²) in [4.78, 5) is 108. The lowest BCUT2D eigenvalue weighted by Gasteiger charge is -2.41. The number of nitrogens with zero attached hydrogens (tertiary/aromatic N) is 1. The van der Waals surface area contributed by atoms with Gasteiger partial charge in [-0.2, -0.15) is 18.4 Å². The Balaban J connectivity index is 0.000000145. The number of ether oxygens (including phenoxy) is 10. The Morgan fingerprint density at radius 2 is 1.25 bits per heavy atom. The van der Waals surface area contributed by atoms with E-state index in [1.807, 2.05) is 69.2 Å². The molecule has 12 aliphatic rings. The second kappa shape index (κ2) is 25.0. The summed E-state index contributed by atoms with van der Waals surface area (Å²) >= 11 is 0. The van der Waals surface area contributed by atoms with Gasteiger partial charge in [0, 0.05) is 30.1 Å². The van der Waals surface area contributed by atoms with Gasteiger partial charge in [0.05, 0.1) is 58.9 Å². The van der Waals surface area contributed by atoms with Gasteiger partial charge in [0.15, 0.2) is 12.0 Å². The van der Waals surface area contributed by atoms with Crippen LogP contribution < -0.4 is 0 Å². The van der Waals surface area contributed by atoms with Crippen molar-refractivity contribution in [2.24, 2.45) is 104 Å². The minimum Gasteiger partial charge on any atom is -0.465 e. The van der Waals surface area contributed by atoms with E-state index in [2.05, 4.69) is 10.8 Å². The molecule has 4 saturated heterocycles. The maximum atomic E-state index is 13.3. The van der Waals surface area contributed by atoms with Crippen LogP contribution in [0.2, 0.25) is 0 Å². The van der Waals surface area contributed by atoms with Crippen molar-refractivity contribution in [3.63, 3.8) is 0 Å². The molecule has 23 heteroatoms. The van der Waals surface area contributed by atoms with Crippen LogP contribution in [0.1, 0.15) is 187 Å². The predicted octanol–water partition coefficient (Wildman–Crippen LogP) is 10.1. The molecule has 21 unspecified atom stereocenters. The van der Waals surface area contributed by atoms with E-state index in [0.29, 0.717) is 85.7 Å². The number of rotatable bonds is 18. The van der Waals surface area contributed by atoms with Crippen LogP contribution in [0.25, 0.3) is 0 Å². The average Bonchev–Trinajstić information content (AvgIpc) is 1.53. The number of fused-ring (bicyclic) bond motifs is 14. The number of cyclic esters (lactones) is 2. The molecule has 4 aliphatic heterocycles. The zero-order valence-electron chi connectivity index (χ0n) is 55.6. The minimum atomic E-state index is -5.02. The van der Waals surface area contributed by atoms with Gasteiger partial charge in [-0.1, -0.05) is 34.6 Å². The molecule has 0 amide bonds. The van der Waals surface area contributed by atoms with E-state index in [9.17, 15) is 61.6 Å². The Morgan fingerprint density at radius 1 is 0.637 bits per heavy atom. The van der Waals surface area contributed by atoms with Crippen LogP contribution in [-0.4, -0.2) is 128 Å². The molecule has 0 N–H and O–H groups in total. The molecule has 0 radical (unpaired) electrons. The summed E-state index contributed by atoms with van der Waals surface area (Å²) in [6, 6.07) is 2.15. The summed E-state index contributed by atoms with van der Waals surface area (Å²) in [5, 5.41) is 9.31. The third kappa shape index (κ3) is 12.5. The fourth-order valence-corrected chi connectivity index (χ4v) is 16.9. The molecule has 4 heterocycles. The van der Waals surface area contributed by atoms with E-state index in [0.717, 1.165) is 51.4 Å². The topological polar surface area (TPSA) is 270 Å². The van der Waals surface area contributed by atoms with Crippen LogP contribution >= 0.6 is 0 Å². The van der Waals surface area contributed by atoms with Crippen LogP contribution in [0.3, 0.4) is 0 Å². The first-order valence-electron chi connectivity index (χ1n) is 33.2. The molecule has 12 rings (SSSR count). The normalized spacial score (nSPS) is 37.9. The highest BCUT2D eigenvalue weighted by Gasteiger charge is 2.75. The van der Waals surface area contributed by atoms with Gasteiger partial charge in [-0.05, 0) is 188 Å². The zero-order valence-corrected chi connectivity index (χ0v) is 55.6.